The Bertz CT molecular complexity index is 992. The number of hydrogen-bond acceptors (Lipinski definition) is 4. The molecule has 0 radical (unpaired) electrons. The van der Waals surface area contributed by atoms with Crippen molar-refractivity contribution >= 4 is 21.6 Å². The smallest absolute Gasteiger partial charge is 0.387 e. The van der Waals surface area contributed by atoms with Gasteiger partial charge in [0.15, 0.2) is 0 Å². The number of ether oxygens (including phenoxy) is 1. The SMILES string of the molecule is CN(C1CCCCC1)S(=O)(=O)c1cccc(C(=O)Nc2ccccc2OC(F)F)c1. The molecule has 1 fully saturated rings. The van der Waals surface area contributed by atoms with Crippen LogP contribution in [-0.4, -0.2) is 38.3 Å². The van der Waals surface area contributed by atoms with Gasteiger partial charge < -0.3 is 10.1 Å². The Balaban J connectivity index is 1.80. The molecule has 1 N–H and O–H groups in total. The lowest BCUT2D eigenvalue weighted by Crippen LogP contribution is -2.38. The van der Waals surface area contributed by atoms with Crippen LogP contribution in [-0.2, 0) is 10.0 Å². The molecule has 1 saturated carbocycles. The van der Waals surface area contributed by atoms with Gasteiger partial charge in [-0.1, -0.05) is 37.5 Å². The number of para-hydroxylation sites is 2. The van der Waals surface area contributed by atoms with E-state index >= 15 is 0 Å². The largest absolute Gasteiger partial charge is 0.433 e. The van der Waals surface area contributed by atoms with Crippen LogP contribution in [0.1, 0.15) is 42.5 Å². The van der Waals surface area contributed by atoms with Gasteiger partial charge in [0.05, 0.1) is 10.6 Å². The molecule has 6 nitrogen and oxygen atoms in total. The number of sulfonamides is 1. The molecule has 2 aromatic carbocycles. The van der Waals surface area contributed by atoms with E-state index in [4.69, 9.17) is 0 Å². The zero-order valence-corrected chi connectivity index (χ0v) is 17.4. The molecule has 0 unspecified atom stereocenters. The predicted octanol–water partition coefficient (Wildman–Crippen LogP) is 4.49. The molecule has 30 heavy (non-hydrogen) atoms. The van der Waals surface area contributed by atoms with E-state index in [1.165, 1.54) is 46.8 Å². The van der Waals surface area contributed by atoms with E-state index in [1.807, 2.05) is 0 Å². The molecular formula is C21H24F2N2O4S. The number of carbonyl (C=O) groups excluding carboxylic acids is 1. The summed E-state index contributed by atoms with van der Waals surface area (Å²) in [6.07, 6.45) is 4.73. The third-order valence-electron chi connectivity index (χ3n) is 5.21. The van der Waals surface area contributed by atoms with E-state index in [9.17, 15) is 22.0 Å². The lowest BCUT2D eigenvalue weighted by Gasteiger charge is -2.30. The molecule has 0 saturated heterocycles. The van der Waals surface area contributed by atoms with Crippen LogP contribution in [0.3, 0.4) is 0 Å². The average Bonchev–Trinajstić information content (AvgIpc) is 2.75. The highest BCUT2D eigenvalue weighted by Gasteiger charge is 2.29. The molecule has 0 aliphatic heterocycles. The van der Waals surface area contributed by atoms with E-state index in [2.05, 4.69) is 10.1 Å². The highest BCUT2D eigenvalue weighted by molar-refractivity contribution is 7.89. The molecule has 162 valence electrons. The van der Waals surface area contributed by atoms with Gasteiger partial charge in [0, 0.05) is 18.7 Å². The van der Waals surface area contributed by atoms with Gasteiger partial charge in [0.25, 0.3) is 5.91 Å². The van der Waals surface area contributed by atoms with Crippen molar-refractivity contribution in [1.82, 2.24) is 4.31 Å². The third kappa shape index (κ3) is 5.14. The van der Waals surface area contributed by atoms with Crippen molar-refractivity contribution in [3.05, 3.63) is 54.1 Å². The van der Waals surface area contributed by atoms with E-state index in [0.717, 1.165) is 32.1 Å². The Labute approximate surface area is 174 Å². The van der Waals surface area contributed by atoms with Crippen LogP contribution >= 0.6 is 0 Å². The Kier molecular flexibility index (Phi) is 7.04. The van der Waals surface area contributed by atoms with Gasteiger partial charge in [-0.2, -0.15) is 13.1 Å². The zero-order valence-electron chi connectivity index (χ0n) is 16.6. The lowest BCUT2D eigenvalue weighted by atomic mass is 9.96. The fourth-order valence-corrected chi connectivity index (χ4v) is 5.03. The second-order valence-corrected chi connectivity index (χ2v) is 9.17. The van der Waals surface area contributed by atoms with Crippen molar-refractivity contribution in [3.63, 3.8) is 0 Å². The molecule has 2 aromatic rings. The number of halogens is 2. The number of nitrogens with one attached hydrogen (secondary N) is 1. The zero-order chi connectivity index (χ0) is 21.7. The maximum Gasteiger partial charge on any atom is 0.387 e. The topological polar surface area (TPSA) is 75.7 Å². The van der Waals surface area contributed by atoms with Crippen molar-refractivity contribution in [1.29, 1.82) is 0 Å². The second kappa shape index (κ2) is 9.53. The Morgan fingerprint density at radius 1 is 1.10 bits per heavy atom. The van der Waals surface area contributed by atoms with E-state index in [0.29, 0.717) is 0 Å². The van der Waals surface area contributed by atoms with Gasteiger partial charge in [0.2, 0.25) is 10.0 Å². The first-order valence-electron chi connectivity index (χ1n) is 9.72. The van der Waals surface area contributed by atoms with Crippen LogP contribution in [0, 0.1) is 0 Å². The summed E-state index contributed by atoms with van der Waals surface area (Å²) < 4.78 is 57.0. The van der Waals surface area contributed by atoms with Crippen molar-refractivity contribution < 1.29 is 26.7 Å². The first-order chi connectivity index (χ1) is 14.3. The molecular weight excluding hydrogens is 414 g/mol. The molecule has 0 atom stereocenters. The minimum Gasteiger partial charge on any atom is -0.433 e. The number of carbonyl (C=O) groups is 1. The summed E-state index contributed by atoms with van der Waals surface area (Å²) >= 11 is 0. The second-order valence-electron chi connectivity index (χ2n) is 7.17. The van der Waals surface area contributed by atoms with Crippen LogP contribution in [0.4, 0.5) is 14.5 Å². The molecule has 3 rings (SSSR count). The van der Waals surface area contributed by atoms with Crippen LogP contribution < -0.4 is 10.1 Å². The summed E-state index contributed by atoms with van der Waals surface area (Å²) in [5.41, 5.74) is 0.162. The summed E-state index contributed by atoms with van der Waals surface area (Å²) in [5.74, 6) is -0.806. The molecule has 0 heterocycles. The third-order valence-corrected chi connectivity index (χ3v) is 7.12. The molecule has 1 aliphatic carbocycles. The van der Waals surface area contributed by atoms with Crippen LogP contribution in [0.15, 0.2) is 53.4 Å². The van der Waals surface area contributed by atoms with Gasteiger partial charge >= 0.3 is 6.61 Å². The summed E-state index contributed by atoms with van der Waals surface area (Å²) in [5, 5.41) is 2.50. The van der Waals surface area contributed by atoms with E-state index in [-0.39, 0.29) is 27.9 Å². The average molecular weight is 438 g/mol. The van der Waals surface area contributed by atoms with E-state index in [1.54, 1.807) is 13.1 Å². The Morgan fingerprint density at radius 3 is 2.50 bits per heavy atom. The maximum absolute atomic E-state index is 13.0. The number of hydrogen-bond donors (Lipinski definition) is 1. The van der Waals surface area contributed by atoms with Gasteiger partial charge in [-0.3, -0.25) is 4.79 Å². The van der Waals surface area contributed by atoms with Crippen molar-refractivity contribution in [2.75, 3.05) is 12.4 Å². The number of nitrogens with zero attached hydrogens (tertiary/aromatic N) is 1. The van der Waals surface area contributed by atoms with Crippen molar-refractivity contribution in [2.24, 2.45) is 0 Å². The maximum atomic E-state index is 13.0. The predicted molar refractivity (Wildman–Crippen MR) is 109 cm³/mol. The van der Waals surface area contributed by atoms with Crippen LogP contribution in [0.25, 0.3) is 0 Å². The molecule has 0 spiro atoms. The molecule has 9 heteroatoms. The fraction of sp³-hybridized carbons (Fsp3) is 0.381. The first-order valence-corrected chi connectivity index (χ1v) is 11.2. The minimum absolute atomic E-state index is 0.0142. The lowest BCUT2D eigenvalue weighted by molar-refractivity contribution is -0.0493. The Morgan fingerprint density at radius 2 is 1.80 bits per heavy atom. The molecule has 1 aliphatic rings. The van der Waals surface area contributed by atoms with Crippen LogP contribution in [0.5, 0.6) is 5.75 Å². The molecule has 0 aromatic heterocycles. The highest BCUT2D eigenvalue weighted by atomic mass is 32.2. The number of amides is 1. The van der Waals surface area contributed by atoms with Crippen molar-refractivity contribution in [3.8, 4) is 5.75 Å². The highest BCUT2D eigenvalue weighted by Crippen LogP contribution is 2.28. The number of alkyl halides is 2. The van der Waals surface area contributed by atoms with Crippen molar-refractivity contribution in [2.45, 2.75) is 49.7 Å². The summed E-state index contributed by atoms with van der Waals surface area (Å²) in [7, 11) is -2.20. The first kappa shape index (κ1) is 22.2. The standard InChI is InChI=1S/C21H24F2N2O4S/c1-25(16-9-3-2-4-10-16)30(27,28)17-11-7-8-15(14-17)20(26)24-18-12-5-6-13-19(18)29-21(22)23/h5-8,11-14,16,21H,2-4,9-10H2,1H3,(H,24,26). The summed E-state index contributed by atoms with van der Waals surface area (Å²) in [4.78, 5) is 12.7. The van der Waals surface area contributed by atoms with E-state index < -0.39 is 22.5 Å². The van der Waals surface area contributed by atoms with Gasteiger partial charge in [-0.15, -0.1) is 0 Å². The van der Waals surface area contributed by atoms with Gasteiger partial charge in [-0.05, 0) is 43.2 Å². The summed E-state index contributed by atoms with van der Waals surface area (Å²) in [6, 6.07) is 11.4. The number of rotatable bonds is 7. The normalized spacial score (nSPS) is 15.4. The molecule has 1 amide bonds. The molecule has 0 bridgehead atoms. The van der Waals surface area contributed by atoms with Gasteiger partial charge in [-0.25, -0.2) is 8.42 Å². The number of benzene rings is 2. The fourth-order valence-electron chi connectivity index (χ4n) is 3.57. The van der Waals surface area contributed by atoms with Crippen LogP contribution in [0.2, 0.25) is 0 Å². The van der Waals surface area contributed by atoms with Gasteiger partial charge in [0.1, 0.15) is 5.75 Å². The minimum atomic E-state index is -3.76. The monoisotopic (exact) mass is 438 g/mol. The Hall–Kier alpha value is -2.52. The summed E-state index contributed by atoms with van der Waals surface area (Å²) in [6.45, 7) is -3.04. The number of anilines is 1. The quantitative estimate of drug-likeness (QED) is 0.691.